The predicted molar refractivity (Wildman–Crippen MR) is 118 cm³/mol. The van der Waals surface area contributed by atoms with E-state index in [4.69, 9.17) is 0 Å². The van der Waals surface area contributed by atoms with Crippen LogP contribution < -0.4 is 0 Å². The molecule has 2 fully saturated rings. The zero-order chi connectivity index (χ0) is 19.8. The average Bonchev–Trinajstić information content (AvgIpc) is 3.31. The standard InChI is InChI=1S/C12H16NO.3C4H9.Sn/c1-2-12(14,10-5-3-4-6-10)11(9-13)7-8-11;3*1-3-4-2;/h1-2,10,14H,3-8H2;3*1,3-4H2,2H3;. The van der Waals surface area contributed by atoms with Gasteiger partial charge < -0.3 is 0 Å². The third-order valence-electron chi connectivity index (χ3n) is 7.48. The molecule has 0 amide bonds. The maximum atomic E-state index is 11.9. The molecular formula is C24H43NOSn. The fourth-order valence-electron chi connectivity index (χ4n) is 5.29. The van der Waals surface area contributed by atoms with E-state index in [0.29, 0.717) is 5.92 Å². The average molecular weight is 480 g/mol. The Balaban J connectivity index is 2.31. The summed E-state index contributed by atoms with van der Waals surface area (Å²) in [6.07, 6.45) is 16.5. The van der Waals surface area contributed by atoms with E-state index in [1.807, 2.05) is 0 Å². The van der Waals surface area contributed by atoms with Crippen molar-refractivity contribution < 1.29 is 5.11 Å². The van der Waals surface area contributed by atoms with Crippen LogP contribution in [0.3, 0.4) is 0 Å². The van der Waals surface area contributed by atoms with E-state index in [-0.39, 0.29) is 0 Å². The van der Waals surface area contributed by atoms with Crippen molar-refractivity contribution in [1.82, 2.24) is 0 Å². The second-order valence-corrected chi connectivity index (χ2v) is 22.5. The van der Waals surface area contributed by atoms with Gasteiger partial charge in [0, 0.05) is 0 Å². The zero-order valence-electron chi connectivity index (χ0n) is 18.2. The monoisotopic (exact) mass is 481 g/mol. The van der Waals surface area contributed by atoms with Crippen molar-refractivity contribution >= 4 is 18.4 Å². The summed E-state index contributed by atoms with van der Waals surface area (Å²) < 4.78 is 6.91. The molecule has 1 unspecified atom stereocenters. The molecular weight excluding hydrogens is 437 g/mol. The fourth-order valence-corrected chi connectivity index (χ4v) is 19.7. The number of nitrogens with zero attached hydrogens (tertiary/aromatic N) is 1. The molecule has 0 aromatic heterocycles. The number of aliphatic hydroxyl groups is 1. The van der Waals surface area contributed by atoms with Gasteiger partial charge in [-0.3, -0.25) is 0 Å². The van der Waals surface area contributed by atoms with Crippen LogP contribution >= 0.6 is 0 Å². The molecule has 2 rings (SSSR count). The van der Waals surface area contributed by atoms with Crippen LogP contribution in [0, 0.1) is 22.7 Å². The van der Waals surface area contributed by atoms with E-state index >= 15 is 0 Å². The second kappa shape index (κ2) is 10.7. The molecule has 2 aliphatic carbocycles. The summed E-state index contributed by atoms with van der Waals surface area (Å²) in [7, 11) is 0. The molecule has 2 aliphatic rings. The van der Waals surface area contributed by atoms with Crippen molar-refractivity contribution in [3.63, 3.8) is 0 Å². The Kier molecular flexibility index (Phi) is 9.20. The van der Waals surface area contributed by atoms with E-state index in [1.165, 1.54) is 64.7 Å². The van der Waals surface area contributed by atoms with Gasteiger partial charge >= 0.3 is 173 Å². The molecule has 1 N–H and O–H groups in total. The quantitative estimate of drug-likeness (QED) is 0.285. The van der Waals surface area contributed by atoms with Gasteiger partial charge in [0.2, 0.25) is 0 Å². The molecule has 0 aromatic carbocycles. The van der Waals surface area contributed by atoms with Crippen molar-refractivity contribution in [2.24, 2.45) is 11.3 Å². The topological polar surface area (TPSA) is 44.0 Å². The number of hydrogen-bond donors (Lipinski definition) is 1. The Bertz CT molecular complexity index is 491. The first-order chi connectivity index (χ1) is 13.0. The van der Waals surface area contributed by atoms with Crippen molar-refractivity contribution in [2.75, 3.05) is 0 Å². The van der Waals surface area contributed by atoms with Crippen molar-refractivity contribution in [3.8, 4) is 6.07 Å². The van der Waals surface area contributed by atoms with Gasteiger partial charge in [0.1, 0.15) is 0 Å². The van der Waals surface area contributed by atoms with Gasteiger partial charge in [-0.2, -0.15) is 0 Å². The molecule has 0 aromatic rings. The fraction of sp³-hybridized carbons (Fsp3) is 0.875. The van der Waals surface area contributed by atoms with Gasteiger partial charge in [0.05, 0.1) is 0 Å². The summed E-state index contributed by atoms with van der Waals surface area (Å²) in [5.41, 5.74) is -1.33. The Morgan fingerprint density at radius 3 is 1.85 bits per heavy atom. The minimum absolute atomic E-state index is 0.309. The van der Waals surface area contributed by atoms with Crippen LogP contribution in [0.1, 0.15) is 97.8 Å². The molecule has 2 saturated carbocycles. The normalized spacial score (nSPS) is 22.0. The second-order valence-electron chi connectivity index (χ2n) is 9.51. The van der Waals surface area contributed by atoms with E-state index < -0.39 is 29.4 Å². The molecule has 0 heterocycles. The zero-order valence-corrected chi connectivity index (χ0v) is 21.1. The Labute approximate surface area is 172 Å². The maximum absolute atomic E-state index is 11.9. The third kappa shape index (κ3) is 5.53. The molecule has 154 valence electrons. The molecule has 3 heteroatoms. The SMILES string of the molecule is CCC[CH2][Sn](/[CH]=C/C(O)(C1CCCC1)C1(C#N)CC1)([CH2]CCC)[CH2]CCC. The molecule has 1 atom stereocenters. The van der Waals surface area contributed by atoms with Crippen molar-refractivity contribution in [3.05, 3.63) is 10.2 Å². The van der Waals surface area contributed by atoms with Gasteiger partial charge in [0.15, 0.2) is 0 Å². The number of hydrogen-bond acceptors (Lipinski definition) is 2. The van der Waals surface area contributed by atoms with Gasteiger partial charge in [-0.15, -0.1) is 0 Å². The van der Waals surface area contributed by atoms with Crippen LogP contribution in [0.2, 0.25) is 13.3 Å². The van der Waals surface area contributed by atoms with Crippen molar-refractivity contribution in [2.45, 2.75) is 117 Å². The first-order valence-electron chi connectivity index (χ1n) is 11.9. The van der Waals surface area contributed by atoms with E-state index in [2.05, 4.69) is 37.0 Å². The molecule has 0 aliphatic heterocycles. The molecule has 0 spiro atoms. The Morgan fingerprint density at radius 1 is 1.00 bits per heavy atom. The summed E-state index contributed by atoms with van der Waals surface area (Å²) in [5.74, 6) is 0.309. The first-order valence-corrected chi connectivity index (χ1v) is 19.6. The number of nitriles is 1. The van der Waals surface area contributed by atoms with Crippen molar-refractivity contribution in [1.29, 1.82) is 5.26 Å². The molecule has 0 bridgehead atoms. The molecule has 27 heavy (non-hydrogen) atoms. The van der Waals surface area contributed by atoms with Crippen LogP contribution in [-0.4, -0.2) is 29.1 Å². The molecule has 0 radical (unpaired) electrons. The van der Waals surface area contributed by atoms with E-state index in [9.17, 15) is 10.4 Å². The Morgan fingerprint density at radius 2 is 1.48 bits per heavy atom. The number of unbranched alkanes of at least 4 members (excludes halogenated alkanes) is 3. The van der Waals surface area contributed by atoms with Crippen LogP contribution in [0.15, 0.2) is 10.2 Å². The summed E-state index contributed by atoms with van der Waals surface area (Å²) in [6, 6.07) is 2.56. The van der Waals surface area contributed by atoms with Crippen LogP contribution in [0.25, 0.3) is 0 Å². The molecule has 0 saturated heterocycles. The van der Waals surface area contributed by atoms with Gasteiger partial charge in [-0.1, -0.05) is 0 Å². The van der Waals surface area contributed by atoms with Gasteiger partial charge in [-0.25, -0.2) is 0 Å². The summed E-state index contributed by atoms with van der Waals surface area (Å²) in [4.78, 5) is 0. The van der Waals surface area contributed by atoms with E-state index in [1.54, 1.807) is 0 Å². The predicted octanol–water partition coefficient (Wildman–Crippen LogP) is 7.16. The van der Waals surface area contributed by atoms with E-state index in [0.717, 1.165) is 25.7 Å². The third-order valence-corrected chi connectivity index (χ3v) is 21.5. The minimum atomic E-state index is -2.42. The van der Waals surface area contributed by atoms with Crippen LogP contribution in [0.5, 0.6) is 0 Å². The van der Waals surface area contributed by atoms with Crippen LogP contribution in [-0.2, 0) is 0 Å². The van der Waals surface area contributed by atoms with Crippen LogP contribution in [0.4, 0.5) is 0 Å². The summed E-state index contributed by atoms with van der Waals surface area (Å²) in [5, 5.41) is 21.7. The number of rotatable bonds is 13. The summed E-state index contributed by atoms with van der Waals surface area (Å²) in [6.45, 7) is 6.93. The first kappa shape index (κ1) is 23.3. The molecule has 2 nitrogen and oxygen atoms in total. The van der Waals surface area contributed by atoms with Gasteiger partial charge in [0.25, 0.3) is 0 Å². The van der Waals surface area contributed by atoms with Gasteiger partial charge in [-0.05, 0) is 0 Å². The Hall–Kier alpha value is -0.0113. The summed E-state index contributed by atoms with van der Waals surface area (Å²) >= 11 is -2.42.